The molecular formula is C18H25O9P. The van der Waals surface area contributed by atoms with Gasteiger partial charge >= 0.3 is 19.5 Å². The average molecular weight is 416 g/mol. The molecule has 0 amide bonds. The van der Waals surface area contributed by atoms with Gasteiger partial charge in [0.2, 0.25) is 6.29 Å². The predicted octanol–water partition coefficient (Wildman–Crippen LogP) is 3.09. The Morgan fingerprint density at radius 2 is 1.75 bits per heavy atom. The van der Waals surface area contributed by atoms with Crippen molar-refractivity contribution in [3.8, 4) is 0 Å². The summed E-state index contributed by atoms with van der Waals surface area (Å²) in [5.74, 6) is -1.18. The van der Waals surface area contributed by atoms with E-state index in [1.54, 1.807) is 44.2 Å². The van der Waals surface area contributed by atoms with E-state index in [1.165, 1.54) is 6.92 Å². The Bertz CT molecular complexity index is 684. The standard InChI is InChI=1S/C18H25O9P/c1-4-23-28(21,24-5-2)12-22-16-11-15(18(27-16)25-13(3)19)26-17(20)14-9-7-6-8-10-14/h6-10,15-16,18H,4-5,11-12H2,1-3H3/t15-,16-,18?/m0/s1. The summed E-state index contributed by atoms with van der Waals surface area (Å²) in [5, 5.41) is 0. The maximum Gasteiger partial charge on any atom is 0.356 e. The second-order valence-corrected chi connectivity index (χ2v) is 7.83. The number of carbonyl (C=O) groups excluding carboxylic acids is 2. The lowest BCUT2D eigenvalue weighted by Crippen LogP contribution is -2.31. The van der Waals surface area contributed by atoms with Gasteiger partial charge in [-0.25, -0.2) is 4.79 Å². The maximum atomic E-state index is 12.5. The van der Waals surface area contributed by atoms with E-state index >= 15 is 0 Å². The number of hydrogen-bond donors (Lipinski definition) is 0. The summed E-state index contributed by atoms with van der Waals surface area (Å²) >= 11 is 0. The van der Waals surface area contributed by atoms with Crippen molar-refractivity contribution in [1.29, 1.82) is 0 Å². The molecule has 0 N–H and O–H groups in total. The Kier molecular flexibility index (Phi) is 8.59. The monoisotopic (exact) mass is 416 g/mol. The topological polar surface area (TPSA) is 107 Å². The number of hydrogen-bond acceptors (Lipinski definition) is 9. The fourth-order valence-corrected chi connectivity index (χ4v) is 3.89. The van der Waals surface area contributed by atoms with Gasteiger partial charge in [-0.3, -0.25) is 9.36 Å². The molecule has 2 rings (SSSR count). The highest BCUT2D eigenvalue weighted by Gasteiger charge is 2.42. The van der Waals surface area contributed by atoms with Crippen LogP contribution in [0.5, 0.6) is 0 Å². The quantitative estimate of drug-likeness (QED) is 0.420. The smallest absolute Gasteiger partial charge is 0.356 e. The summed E-state index contributed by atoms with van der Waals surface area (Å²) in [6, 6.07) is 8.39. The van der Waals surface area contributed by atoms with Crippen LogP contribution in [0, 0.1) is 0 Å². The van der Waals surface area contributed by atoms with Gasteiger partial charge in [-0.2, -0.15) is 0 Å². The summed E-state index contributed by atoms with van der Waals surface area (Å²) in [5.41, 5.74) is 0.352. The second-order valence-electron chi connectivity index (χ2n) is 5.83. The first-order chi connectivity index (χ1) is 13.4. The number of benzene rings is 1. The minimum atomic E-state index is -3.43. The molecule has 1 unspecified atom stereocenters. The molecule has 156 valence electrons. The molecule has 1 fully saturated rings. The van der Waals surface area contributed by atoms with Gasteiger partial charge in [0.1, 0.15) is 0 Å². The van der Waals surface area contributed by atoms with Crippen LogP contribution in [0.2, 0.25) is 0 Å². The molecule has 9 nitrogen and oxygen atoms in total. The Morgan fingerprint density at radius 1 is 1.11 bits per heavy atom. The van der Waals surface area contributed by atoms with Gasteiger partial charge in [-0.15, -0.1) is 0 Å². The van der Waals surface area contributed by atoms with Gasteiger partial charge < -0.3 is 28.0 Å². The molecule has 3 atom stereocenters. The van der Waals surface area contributed by atoms with Crippen molar-refractivity contribution in [3.63, 3.8) is 0 Å². The van der Waals surface area contributed by atoms with Crippen LogP contribution < -0.4 is 0 Å². The van der Waals surface area contributed by atoms with Gasteiger partial charge in [0, 0.05) is 13.3 Å². The molecule has 1 aromatic rings. The molecule has 1 aliphatic heterocycles. The Morgan fingerprint density at radius 3 is 2.32 bits per heavy atom. The van der Waals surface area contributed by atoms with Crippen LogP contribution in [-0.2, 0) is 37.4 Å². The zero-order valence-corrected chi connectivity index (χ0v) is 17.0. The van der Waals surface area contributed by atoms with Crippen LogP contribution in [0.3, 0.4) is 0 Å². The normalized spacial score (nSPS) is 22.0. The van der Waals surface area contributed by atoms with Gasteiger partial charge in [-0.1, -0.05) is 18.2 Å². The van der Waals surface area contributed by atoms with Crippen LogP contribution >= 0.6 is 7.60 Å². The van der Waals surface area contributed by atoms with Gasteiger partial charge in [0.25, 0.3) is 0 Å². The zero-order chi connectivity index (χ0) is 20.6. The molecular weight excluding hydrogens is 391 g/mol. The lowest BCUT2D eigenvalue weighted by Gasteiger charge is -2.19. The van der Waals surface area contributed by atoms with E-state index in [2.05, 4.69) is 0 Å². The van der Waals surface area contributed by atoms with Crippen LogP contribution in [0.1, 0.15) is 37.6 Å². The van der Waals surface area contributed by atoms with E-state index in [4.69, 9.17) is 28.0 Å². The van der Waals surface area contributed by atoms with Crippen molar-refractivity contribution >= 4 is 19.5 Å². The Labute approximate surface area is 163 Å². The fourth-order valence-electron chi connectivity index (χ4n) is 2.53. The van der Waals surface area contributed by atoms with Crippen molar-refractivity contribution in [2.24, 2.45) is 0 Å². The van der Waals surface area contributed by atoms with E-state index in [1.807, 2.05) is 0 Å². The van der Waals surface area contributed by atoms with E-state index in [-0.39, 0.29) is 26.0 Å². The van der Waals surface area contributed by atoms with E-state index in [0.717, 1.165) is 0 Å². The highest BCUT2D eigenvalue weighted by Crippen LogP contribution is 2.48. The predicted molar refractivity (Wildman–Crippen MR) is 97.5 cm³/mol. The average Bonchev–Trinajstić information content (AvgIpc) is 3.02. The minimum absolute atomic E-state index is 0.0920. The number of carbonyl (C=O) groups is 2. The summed E-state index contributed by atoms with van der Waals surface area (Å²) in [6.45, 7) is 4.98. The summed E-state index contributed by atoms with van der Waals surface area (Å²) in [4.78, 5) is 23.6. The molecule has 1 aromatic carbocycles. The fraction of sp³-hybridized carbons (Fsp3) is 0.556. The number of rotatable bonds is 10. The Balaban J connectivity index is 2.00. The van der Waals surface area contributed by atoms with E-state index in [9.17, 15) is 14.2 Å². The molecule has 10 heteroatoms. The third-order valence-electron chi connectivity index (χ3n) is 3.63. The van der Waals surface area contributed by atoms with Crippen molar-refractivity contribution in [3.05, 3.63) is 35.9 Å². The first-order valence-corrected chi connectivity index (χ1v) is 10.7. The molecule has 0 spiro atoms. The SMILES string of the molecule is CCOP(=O)(CO[C@@H]1C[C@H](OC(=O)c2ccccc2)C(OC(C)=O)O1)OCC. The second kappa shape index (κ2) is 10.7. The van der Waals surface area contributed by atoms with E-state index in [0.29, 0.717) is 5.56 Å². The van der Waals surface area contributed by atoms with Crippen LogP contribution in [-0.4, -0.2) is 50.2 Å². The lowest BCUT2D eigenvalue weighted by molar-refractivity contribution is -0.213. The summed E-state index contributed by atoms with van der Waals surface area (Å²) in [6.07, 6.45) is -3.17. The molecule has 1 saturated heterocycles. The van der Waals surface area contributed by atoms with Crippen molar-refractivity contribution in [1.82, 2.24) is 0 Å². The molecule has 1 heterocycles. The molecule has 0 aromatic heterocycles. The molecule has 0 saturated carbocycles. The van der Waals surface area contributed by atoms with Gasteiger partial charge in [0.05, 0.1) is 18.8 Å². The largest absolute Gasteiger partial charge is 0.452 e. The van der Waals surface area contributed by atoms with E-state index < -0.39 is 38.2 Å². The molecule has 0 aliphatic carbocycles. The zero-order valence-electron chi connectivity index (χ0n) is 16.1. The summed E-state index contributed by atoms with van der Waals surface area (Å²) < 4.78 is 44.2. The molecule has 0 bridgehead atoms. The van der Waals surface area contributed by atoms with Crippen molar-refractivity contribution in [2.75, 3.05) is 19.6 Å². The Hall–Kier alpha value is -1.77. The third kappa shape index (κ3) is 6.68. The first kappa shape index (κ1) is 22.5. The van der Waals surface area contributed by atoms with Crippen molar-refractivity contribution < 1.29 is 42.1 Å². The molecule has 1 aliphatic rings. The molecule has 0 radical (unpaired) electrons. The minimum Gasteiger partial charge on any atom is -0.452 e. The van der Waals surface area contributed by atoms with Gasteiger partial charge in [0.15, 0.2) is 18.7 Å². The van der Waals surface area contributed by atoms with Crippen LogP contribution in [0.4, 0.5) is 0 Å². The third-order valence-corrected chi connectivity index (χ3v) is 5.40. The lowest BCUT2D eigenvalue weighted by atomic mass is 10.2. The first-order valence-electron chi connectivity index (χ1n) is 8.95. The van der Waals surface area contributed by atoms with Gasteiger partial charge in [-0.05, 0) is 26.0 Å². The summed E-state index contributed by atoms with van der Waals surface area (Å²) in [7, 11) is -3.43. The maximum absolute atomic E-state index is 12.5. The van der Waals surface area contributed by atoms with Crippen LogP contribution in [0.25, 0.3) is 0 Å². The highest BCUT2D eigenvalue weighted by molar-refractivity contribution is 7.53. The number of esters is 2. The number of ether oxygens (including phenoxy) is 4. The highest BCUT2D eigenvalue weighted by atomic mass is 31.2. The van der Waals surface area contributed by atoms with Crippen LogP contribution in [0.15, 0.2) is 30.3 Å². The molecule has 28 heavy (non-hydrogen) atoms. The van der Waals surface area contributed by atoms with Crippen molar-refractivity contribution in [2.45, 2.75) is 45.9 Å².